The van der Waals surface area contributed by atoms with Gasteiger partial charge < -0.3 is 9.64 Å². The van der Waals surface area contributed by atoms with E-state index in [1.165, 1.54) is 20.2 Å². The van der Waals surface area contributed by atoms with Crippen LogP contribution in [0.2, 0.25) is 0 Å². The number of nitrogens with zero attached hydrogens (tertiary/aromatic N) is 2. The van der Waals surface area contributed by atoms with Crippen molar-refractivity contribution in [2.75, 3.05) is 32.6 Å². The third kappa shape index (κ3) is 3.38. The predicted molar refractivity (Wildman–Crippen MR) is 105 cm³/mol. The second kappa shape index (κ2) is 7.52. The van der Waals surface area contributed by atoms with Crippen molar-refractivity contribution in [1.82, 2.24) is 4.31 Å². The van der Waals surface area contributed by atoms with Gasteiger partial charge in [0, 0.05) is 26.2 Å². The maximum atomic E-state index is 14.2. The number of fused-ring (bicyclic) bond motifs is 1. The van der Waals surface area contributed by atoms with Crippen LogP contribution in [0.1, 0.15) is 27.9 Å². The summed E-state index contributed by atoms with van der Waals surface area (Å²) in [6.45, 7) is 2.45. The largest absolute Gasteiger partial charge is 0.495 e. The maximum Gasteiger partial charge on any atom is 0.258 e. The molecule has 2 aromatic carbocycles. The summed E-state index contributed by atoms with van der Waals surface area (Å²) in [5.41, 5.74) is 2.89. The molecule has 1 heterocycles. The predicted octanol–water partition coefficient (Wildman–Crippen LogP) is 2.99. The number of ether oxygens (including phenoxy) is 1. The lowest BCUT2D eigenvalue weighted by Gasteiger charge is -2.32. The molecule has 0 atom stereocenters. The lowest BCUT2D eigenvalue weighted by atomic mass is 9.95. The zero-order chi connectivity index (χ0) is 20.6. The van der Waals surface area contributed by atoms with Crippen molar-refractivity contribution in [2.24, 2.45) is 0 Å². The molecule has 0 radical (unpaired) electrons. The van der Waals surface area contributed by atoms with E-state index in [0.29, 0.717) is 18.0 Å². The van der Waals surface area contributed by atoms with Gasteiger partial charge in [-0.2, -0.15) is 0 Å². The average Bonchev–Trinajstić information content (AvgIpc) is 2.67. The summed E-state index contributed by atoms with van der Waals surface area (Å²) < 4.78 is 45.3. The number of carbonyl (C=O) groups is 1. The fourth-order valence-electron chi connectivity index (χ4n) is 3.41. The number of rotatable bonds is 4. The van der Waals surface area contributed by atoms with Gasteiger partial charge in [0.1, 0.15) is 16.5 Å². The van der Waals surface area contributed by atoms with Crippen molar-refractivity contribution >= 4 is 21.6 Å². The number of benzene rings is 2. The van der Waals surface area contributed by atoms with Crippen LogP contribution in [0.15, 0.2) is 35.2 Å². The Morgan fingerprint density at radius 3 is 2.57 bits per heavy atom. The Labute approximate surface area is 164 Å². The van der Waals surface area contributed by atoms with Crippen LogP contribution >= 0.6 is 0 Å². The first-order valence-corrected chi connectivity index (χ1v) is 10.3. The smallest absolute Gasteiger partial charge is 0.258 e. The zero-order valence-electron chi connectivity index (χ0n) is 16.3. The minimum atomic E-state index is -4.01. The van der Waals surface area contributed by atoms with Crippen molar-refractivity contribution in [3.05, 3.63) is 52.8 Å². The molecule has 0 aliphatic carbocycles. The molecule has 0 N–H and O–H groups in total. The average molecular weight is 406 g/mol. The van der Waals surface area contributed by atoms with E-state index >= 15 is 0 Å². The highest BCUT2D eigenvalue weighted by molar-refractivity contribution is 7.89. The fourth-order valence-corrected chi connectivity index (χ4v) is 4.39. The van der Waals surface area contributed by atoms with Gasteiger partial charge in [-0.1, -0.05) is 6.07 Å². The molecular formula is C20H23FN2O4S. The first-order chi connectivity index (χ1) is 13.2. The monoisotopic (exact) mass is 406 g/mol. The SMILES string of the molecule is COc1ccc(C)c2c1N(C(=O)c1ccc(F)c(S(=O)(=O)N(C)C)c1)CCC2. The molecule has 2 aromatic rings. The molecule has 3 rings (SSSR count). The highest BCUT2D eigenvalue weighted by Gasteiger charge is 2.30. The summed E-state index contributed by atoms with van der Waals surface area (Å²) in [6, 6.07) is 7.19. The van der Waals surface area contributed by atoms with E-state index in [4.69, 9.17) is 4.74 Å². The number of carbonyl (C=O) groups excluding carboxylic acids is 1. The number of amides is 1. The number of hydrogen-bond donors (Lipinski definition) is 0. The van der Waals surface area contributed by atoms with E-state index < -0.39 is 20.7 Å². The minimum Gasteiger partial charge on any atom is -0.495 e. The van der Waals surface area contributed by atoms with Crippen LogP contribution in [0.4, 0.5) is 10.1 Å². The topological polar surface area (TPSA) is 66.9 Å². The fraction of sp³-hybridized carbons (Fsp3) is 0.350. The standard InChI is InChI=1S/C20H23FN2O4S/c1-13-7-10-17(27-4)19-15(13)6-5-11-23(19)20(24)14-8-9-16(21)18(12-14)28(25,26)22(2)3/h7-10,12H,5-6,11H2,1-4H3. The molecule has 150 valence electrons. The lowest BCUT2D eigenvalue weighted by molar-refractivity contribution is 0.0984. The number of hydrogen-bond acceptors (Lipinski definition) is 4. The highest BCUT2D eigenvalue weighted by Crippen LogP contribution is 2.39. The van der Waals surface area contributed by atoms with Crippen LogP contribution in [-0.4, -0.2) is 46.4 Å². The number of methoxy groups -OCH3 is 1. The highest BCUT2D eigenvalue weighted by atomic mass is 32.2. The van der Waals surface area contributed by atoms with Gasteiger partial charge in [-0.15, -0.1) is 0 Å². The lowest BCUT2D eigenvalue weighted by Crippen LogP contribution is -2.36. The third-order valence-electron chi connectivity index (χ3n) is 4.96. The molecule has 1 aliphatic rings. The summed E-state index contributed by atoms with van der Waals surface area (Å²) in [5.74, 6) is -0.699. The molecule has 0 fully saturated rings. The number of aryl methyl sites for hydroxylation is 1. The molecule has 0 aromatic heterocycles. The van der Waals surface area contributed by atoms with Gasteiger partial charge in [0.05, 0.1) is 12.8 Å². The van der Waals surface area contributed by atoms with Crippen molar-refractivity contribution in [1.29, 1.82) is 0 Å². The first kappa shape index (κ1) is 20.3. The maximum absolute atomic E-state index is 14.2. The number of anilines is 1. The molecule has 1 amide bonds. The van der Waals surface area contributed by atoms with Gasteiger partial charge in [-0.3, -0.25) is 4.79 Å². The van der Waals surface area contributed by atoms with Gasteiger partial charge in [0.25, 0.3) is 5.91 Å². The molecule has 0 saturated carbocycles. The van der Waals surface area contributed by atoms with Crippen LogP contribution in [0.25, 0.3) is 0 Å². The molecule has 8 heteroatoms. The van der Waals surface area contributed by atoms with E-state index in [1.807, 2.05) is 19.1 Å². The molecular weight excluding hydrogens is 383 g/mol. The zero-order valence-corrected chi connectivity index (χ0v) is 17.1. The second-order valence-electron chi connectivity index (χ2n) is 6.90. The molecule has 6 nitrogen and oxygen atoms in total. The van der Waals surface area contributed by atoms with Gasteiger partial charge in [0.15, 0.2) is 0 Å². The van der Waals surface area contributed by atoms with Crippen molar-refractivity contribution < 1.29 is 22.3 Å². The van der Waals surface area contributed by atoms with Crippen LogP contribution in [0, 0.1) is 12.7 Å². The summed E-state index contributed by atoms with van der Waals surface area (Å²) in [4.78, 5) is 14.3. The van der Waals surface area contributed by atoms with E-state index in [9.17, 15) is 17.6 Å². The molecule has 0 unspecified atom stereocenters. The van der Waals surface area contributed by atoms with Crippen molar-refractivity contribution in [2.45, 2.75) is 24.7 Å². The minimum absolute atomic E-state index is 0.109. The number of halogens is 1. The van der Waals surface area contributed by atoms with Crippen LogP contribution in [0.5, 0.6) is 5.75 Å². The Morgan fingerprint density at radius 2 is 1.93 bits per heavy atom. The Bertz CT molecular complexity index is 1030. The van der Waals surface area contributed by atoms with Gasteiger partial charge in [-0.25, -0.2) is 17.1 Å². The first-order valence-electron chi connectivity index (χ1n) is 8.89. The molecule has 0 bridgehead atoms. The van der Waals surface area contributed by atoms with Gasteiger partial charge >= 0.3 is 0 Å². The molecule has 28 heavy (non-hydrogen) atoms. The van der Waals surface area contributed by atoms with Crippen LogP contribution in [-0.2, 0) is 16.4 Å². The van der Waals surface area contributed by atoms with E-state index in [2.05, 4.69) is 0 Å². The van der Waals surface area contributed by atoms with E-state index in [-0.39, 0.29) is 11.5 Å². The van der Waals surface area contributed by atoms with E-state index in [0.717, 1.165) is 40.4 Å². The summed E-state index contributed by atoms with van der Waals surface area (Å²) in [6.07, 6.45) is 1.60. The van der Waals surface area contributed by atoms with Gasteiger partial charge in [0.2, 0.25) is 10.0 Å². The van der Waals surface area contributed by atoms with Gasteiger partial charge in [-0.05, 0) is 55.2 Å². The summed E-state index contributed by atoms with van der Waals surface area (Å²) in [7, 11) is 0.167. The van der Waals surface area contributed by atoms with E-state index in [1.54, 1.807) is 12.0 Å². The molecule has 0 saturated heterocycles. The Hall–Kier alpha value is -2.45. The summed E-state index contributed by atoms with van der Waals surface area (Å²) >= 11 is 0. The molecule has 0 spiro atoms. The Kier molecular flexibility index (Phi) is 5.45. The van der Waals surface area contributed by atoms with Crippen LogP contribution in [0.3, 0.4) is 0 Å². The second-order valence-corrected chi connectivity index (χ2v) is 9.03. The Balaban J connectivity index is 2.10. The van der Waals surface area contributed by atoms with Crippen molar-refractivity contribution in [3.8, 4) is 5.75 Å². The van der Waals surface area contributed by atoms with Crippen molar-refractivity contribution in [3.63, 3.8) is 0 Å². The normalized spacial score (nSPS) is 14.1. The quantitative estimate of drug-likeness (QED) is 0.783. The Morgan fingerprint density at radius 1 is 1.21 bits per heavy atom. The summed E-state index contributed by atoms with van der Waals surface area (Å²) in [5, 5.41) is 0. The van der Waals surface area contributed by atoms with Crippen LogP contribution < -0.4 is 9.64 Å². The molecule has 1 aliphatic heterocycles. The number of sulfonamides is 1. The third-order valence-corrected chi connectivity index (χ3v) is 6.79.